The molecule has 12 heteroatoms. The number of nitrogens with one attached hydrogen (secondary N) is 2. The first-order valence-corrected chi connectivity index (χ1v) is 16.8. The van der Waals surface area contributed by atoms with Crippen LogP contribution in [0.2, 0.25) is 0 Å². The molecule has 2 aromatic carbocycles. The number of carbonyl (C=O) groups excluding carboxylic acids is 4. The lowest BCUT2D eigenvalue weighted by Crippen LogP contribution is -2.66. The minimum Gasteiger partial charge on any atom is -0.369 e. The number of amides is 4. The Hall–Kier alpha value is -3.76. The summed E-state index contributed by atoms with van der Waals surface area (Å²) in [5.41, 5.74) is 14.5. The van der Waals surface area contributed by atoms with E-state index in [1.165, 1.54) is 16.7 Å². The molecule has 2 aromatic rings. The zero-order valence-corrected chi connectivity index (χ0v) is 25.9. The number of benzene rings is 2. The van der Waals surface area contributed by atoms with E-state index >= 15 is 0 Å². The van der Waals surface area contributed by atoms with Crippen molar-refractivity contribution in [1.82, 2.24) is 15.5 Å². The summed E-state index contributed by atoms with van der Waals surface area (Å²) in [4.78, 5) is 58.4. The molecule has 2 unspecified atom stereocenters. The number of nitrogens with zero attached hydrogens (tertiary/aromatic N) is 4. The van der Waals surface area contributed by atoms with Crippen molar-refractivity contribution < 1.29 is 19.2 Å². The lowest BCUT2D eigenvalue weighted by molar-refractivity contribution is -0.141. The summed E-state index contributed by atoms with van der Waals surface area (Å²) in [6, 6.07) is 10.9. The molecule has 1 aliphatic heterocycles. The quantitative estimate of drug-likeness (QED) is 0.191. The first-order valence-electron chi connectivity index (χ1n) is 15.5. The highest BCUT2D eigenvalue weighted by molar-refractivity contribution is 8.00. The summed E-state index contributed by atoms with van der Waals surface area (Å²) < 4.78 is 0. The minimum absolute atomic E-state index is 0.0722. The van der Waals surface area contributed by atoms with E-state index < -0.39 is 40.7 Å². The van der Waals surface area contributed by atoms with Crippen LogP contribution in [0.15, 0.2) is 47.6 Å². The van der Waals surface area contributed by atoms with E-state index in [0.717, 1.165) is 49.3 Å². The number of thioether (sulfide) groups is 1. The second kappa shape index (κ2) is 13.9. The van der Waals surface area contributed by atoms with E-state index in [2.05, 4.69) is 20.7 Å². The molecule has 1 heterocycles. The SMILES string of the molecule is CSC(C(N)=O)C1(NC(=O)[C@@H]2CC(N=[N+]=[N-])CN2C(=O)[C@@H](CC2CCCCC2)NC(=O)c2ccc3ccccc3c2)CCC1. The third-order valence-electron chi connectivity index (χ3n) is 9.60. The molecule has 4 N–H and O–H groups in total. The van der Waals surface area contributed by atoms with Gasteiger partial charge in [-0.15, -0.1) is 11.8 Å². The molecule has 0 bridgehead atoms. The maximum Gasteiger partial charge on any atom is 0.251 e. The van der Waals surface area contributed by atoms with Crippen LogP contribution in [0.3, 0.4) is 0 Å². The van der Waals surface area contributed by atoms with Gasteiger partial charge in [0.25, 0.3) is 5.91 Å². The Labute approximate surface area is 261 Å². The van der Waals surface area contributed by atoms with Crippen LogP contribution in [-0.2, 0) is 14.4 Å². The highest BCUT2D eigenvalue weighted by atomic mass is 32.2. The molecule has 4 atom stereocenters. The maximum atomic E-state index is 14.3. The average Bonchev–Trinajstić information content (AvgIpc) is 3.43. The second-order valence-corrected chi connectivity index (χ2v) is 13.4. The number of nitrogens with two attached hydrogens (primary N) is 1. The van der Waals surface area contributed by atoms with Crippen LogP contribution in [-0.4, -0.2) is 70.2 Å². The number of likely N-dealkylation sites (tertiary alicyclic amines) is 1. The van der Waals surface area contributed by atoms with Gasteiger partial charge in [-0.25, -0.2) is 0 Å². The van der Waals surface area contributed by atoms with Crippen molar-refractivity contribution in [2.45, 2.75) is 93.1 Å². The Kier molecular flexibility index (Phi) is 10.0. The van der Waals surface area contributed by atoms with Crippen molar-refractivity contribution in [3.8, 4) is 0 Å². The van der Waals surface area contributed by atoms with Crippen LogP contribution in [0, 0.1) is 5.92 Å². The summed E-state index contributed by atoms with van der Waals surface area (Å²) in [7, 11) is 0. The normalized spacial score (nSPS) is 22.7. The van der Waals surface area contributed by atoms with Gasteiger partial charge in [-0.05, 0) is 72.7 Å². The van der Waals surface area contributed by atoms with E-state index in [4.69, 9.17) is 11.3 Å². The molecule has 3 fully saturated rings. The smallest absolute Gasteiger partial charge is 0.251 e. The highest BCUT2D eigenvalue weighted by Crippen LogP contribution is 2.40. The Morgan fingerprint density at radius 3 is 2.45 bits per heavy atom. The number of hydrogen-bond donors (Lipinski definition) is 3. The van der Waals surface area contributed by atoms with Gasteiger partial charge in [-0.1, -0.05) is 67.6 Å². The number of primary amides is 1. The largest absolute Gasteiger partial charge is 0.369 e. The summed E-state index contributed by atoms with van der Waals surface area (Å²) in [6.07, 6.45) is 9.77. The van der Waals surface area contributed by atoms with Gasteiger partial charge in [0.1, 0.15) is 17.3 Å². The van der Waals surface area contributed by atoms with Gasteiger partial charge in [0.2, 0.25) is 17.7 Å². The summed E-state index contributed by atoms with van der Waals surface area (Å²) >= 11 is 1.31. The Morgan fingerprint density at radius 2 is 1.82 bits per heavy atom. The average molecular weight is 620 g/mol. The first-order chi connectivity index (χ1) is 21.2. The topological polar surface area (TPSA) is 170 Å². The van der Waals surface area contributed by atoms with Crippen molar-refractivity contribution >= 4 is 46.2 Å². The molecular formula is C32H41N7O4S. The molecule has 5 rings (SSSR count). The van der Waals surface area contributed by atoms with E-state index in [-0.39, 0.29) is 30.7 Å². The molecule has 0 aromatic heterocycles. The van der Waals surface area contributed by atoms with Gasteiger partial charge >= 0.3 is 0 Å². The maximum absolute atomic E-state index is 14.3. The lowest BCUT2D eigenvalue weighted by atomic mass is 9.73. The van der Waals surface area contributed by atoms with Crippen molar-refractivity contribution in [2.24, 2.45) is 16.8 Å². The number of azide groups is 1. The molecule has 44 heavy (non-hydrogen) atoms. The molecule has 234 valence electrons. The molecule has 2 aliphatic carbocycles. The van der Waals surface area contributed by atoms with Crippen molar-refractivity contribution in [2.75, 3.05) is 12.8 Å². The molecule has 11 nitrogen and oxygen atoms in total. The van der Waals surface area contributed by atoms with E-state index in [0.29, 0.717) is 24.8 Å². The van der Waals surface area contributed by atoms with Crippen LogP contribution in [0.25, 0.3) is 21.2 Å². The van der Waals surface area contributed by atoms with Crippen LogP contribution in [0.5, 0.6) is 0 Å². The zero-order valence-electron chi connectivity index (χ0n) is 25.1. The monoisotopic (exact) mass is 619 g/mol. The predicted molar refractivity (Wildman–Crippen MR) is 171 cm³/mol. The molecule has 3 aliphatic rings. The third-order valence-corrected chi connectivity index (χ3v) is 10.8. The van der Waals surface area contributed by atoms with Gasteiger partial charge in [0.05, 0.1) is 11.6 Å². The van der Waals surface area contributed by atoms with Crippen molar-refractivity contribution in [3.05, 3.63) is 58.5 Å². The van der Waals surface area contributed by atoms with Gasteiger partial charge in [-0.2, -0.15) is 0 Å². The Balaban J connectivity index is 1.40. The molecule has 2 saturated carbocycles. The van der Waals surface area contributed by atoms with Gasteiger partial charge < -0.3 is 21.3 Å². The van der Waals surface area contributed by atoms with Gasteiger partial charge in [0.15, 0.2) is 0 Å². The summed E-state index contributed by atoms with van der Waals surface area (Å²) in [5, 5.41) is 11.3. The third kappa shape index (κ3) is 6.81. The zero-order chi connectivity index (χ0) is 31.3. The van der Waals surface area contributed by atoms with E-state index in [1.54, 1.807) is 12.3 Å². The Morgan fingerprint density at radius 1 is 1.09 bits per heavy atom. The van der Waals surface area contributed by atoms with E-state index in [1.807, 2.05) is 36.4 Å². The van der Waals surface area contributed by atoms with E-state index in [9.17, 15) is 19.2 Å². The summed E-state index contributed by atoms with van der Waals surface area (Å²) in [5.74, 6) is -1.33. The minimum atomic E-state index is -0.905. The molecule has 1 saturated heterocycles. The van der Waals surface area contributed by atoms with Crippen LogP contribution in [0.4, 0.5) is 0 Å². The molecule has 4 amide bonds. The first kappa shape index (κ1) is 31.7. The summed E-state index contributed by atoms with van der Waals surface area (Å²) in [6.45, 7) is 0.0722. The number of hydrogen-bond acceptors (Lipinski definition) is 6. The highest BCUT2D eigenvalue weighted by Gasteiger charge is 2.50. The number of rotatable bonds is 11. The van der Waals surface area contributed by atoms with Crippen LogP contribution >= 0.6 is 11.8 Å². The van der Waals surface area contributed by atoms with Crippen molar-refractivity contribution in [3.63, 3.8) is 0 Å². The fourth-order valence-electron chi connectivity index (χ4n) is 7.17. The van der Waals surface area contributed by atoms with Gasteiger partial charge in [0, 0.05) is 17.0 Å². The fourth-order valence-corrected chi connectivity index (χ4v) is 8.14. The van der Waals surface area contributed by atoms with Crippen LogP contribution < -0.4 is 16.4 Å². The lowest BCUT2D eigenvalue weighted by Gasteiger charge is -2.47. The second-order valence-electron chi connectivity index (χ2n) is 12.4. The Bertz CT molecular complexity index is 1450. The standard InChI is InChI=1S/C32H41N7O4S/c1-44-27(28(33)40)32(14-7-15-32)36-30(42)26-18-24(37-38-34)19-39(26)31(43)25(16-20-8-3-2-4-9-20)35-29(41)23-13-12-21-10-5-6-11-22(21)17-23/h5-6,10-13,17,20,24-27H,2-4,7-9,14-16,18-19H2,1H3,(H2,33,40)(H,35,41)(H,36,42)/t24?,25-,26+,27?/m1/s1. The van der Waals surface area contributed by atoms with Crippen molar-refractivity contribution in [1.29, 1.82) is 0 Å². The predicted octanol–water partition coefficient (Wildman–Crippen LogP) is 4.44. The number of fused-ring (bicyclic) bond motifs is 1. The van der Waals surface area contributed by atoms with Crippen LogP contribution in [0.1, 0.15) is 74.6 Å². The number of carbonyl (C=O) groups is 4. The molecule has 0 radical (unpaired) electrons. The molecule has 0 spiro atoms. The fraction of sp³-hybridized carbons (Fsp3) is 0.562. The molecular weight excluding hydrogens is 578 g/mol. The van der Waals surface area contributed by atoms with Gasteiger partial charge in [-0.3, -0.25) is 19.2 Å².